The molecule has 1 aliphatic rings. The first-order chi connectivity index (χ1) is 13.5. The second-order valence-corrected chi connectivity index (χ2v) is 8.09. The Kier molecular flexibility index (Phi) is 6.80. The Balaban J connectivity index is 1.56. The van der Waals surface area contributed by atoms with E-state index in [1.165, 1.54) is 11.3 Å². The third kappa shape index (κ3) is 4.77. The van der Waals surface area contributed by atoms with Crippen LogP contribution in [0.2, 0.25) is 0 Å². The number of rotatable bonds is 7. The van der Waals surface area contributed by atoms with Gasteiger partial charge in [-0.1, -0.05) is 19.8 Å². The Labute approximate surface area is 170 Å². The van der Waals surface area contributed by atoms with Crippen molar-refractivity contribution >= 4 is 28.7 Å². The van der Waals surface area contributed by atoms with E-state index in [9.17, 15) is 9.59 Å². The fourth-order valence-electron chi connectivity index (χ4n) is 3.34. The molecule has 1 aliphatic heterocycles. The van der Waals surface area contributed by atoms with Crippen LogP contribution in [0.15, 0.2) is 29.6 Å². The van der Waals surface area contributed by atoms with Crippen LogP contribution in [0.4, 0.5) is 5.69 Å². The Hall–Kier alpha value is -2.25. The molecule has 1 atom stereocenters. The summed E-state index contributed by atoms with van der Waals surface area (Å²) in [4.78, 5) is 32.8. The third-order valence-electron chi connectivity index (χ3n) is 5.13. The lowest BCUT2D eigenvalue weighted by Gasteiger charge is -2.35. The molecule has 28 heavy (non-hydrogen) atoms. The minimum absolute atomic E-state index is 0.0169. The minimum Gasteiger partial charge on any atom is -0.368 e. The number of anilines is 1. The van der Waals surface area contributed by atoms with Crippen molar-refractivity contribution in [3.8, 4) is 0 Å². The summed E-state index contributed by atoms with van der Waals surface area (Å²) in [7, 11) is 0. The normalized spacial score (nSPS) is 15.5. The van der Waals surface area contributed by atoms with Crippen molar-refractivity contribution < 1.29 is 9.59 Å². The van der Waals surface area contributed by atoms with Crippen LogP contribution in [0.25, 0.3) is 0 Å². The Bertz CT molecular complexity index is 810. The number of Topliss-reactive ketones (excluding diaryl/α,β-unsaturated/α-hetero) is 1. The maximum atomic E-state index is 12.8. The van der Waals surface area contributed by atoms with E-state index in [0.717, 1.165) is 43.0 Å². The average Bonchev–Trinajstić information content (AvgIpc) is 3.22. The summed E-state index contributed by atoms with van der Waals surface area (Å²) in [6.45, 7) is 6.54. The van der Waals surface area contributed by atoms with Gasteiger partial charge in [0.25, 0.3) is 5.91 Å². The number of ketones is 1. The summed E-state index contributed by atoms with van der Waals surface area (Å²) in [6, 6.07) is 7.57. The van der Waals surface area contributed by atoms with E-state index >= 15 is 0 Å². The SMILES string of the molecule is CCCCC(N)c1nc(C(=O)N2CCN(c3ccc(C(C)=O)cc3)CC2)cs1. The average molecular weight is 401 g/mol. The van der Waals surface area contributed by atoms with Crippen molar-refractivity contribution in [1.29, 1.82) is 0 Å². The van der Waals surface area contributed by atoms with E-state index in [-0.39, 0.29) is 17.7 Å². The zero-order chi connectivity index (χ0) is 20.1. The highest BCUT2D eigenvalue weighted by Gasteiger charge is 2.24. The van der Waals surface area contributed by atoms with Gasteiger partial charge in [-0.25, -0.2) is 4.98 Å². The number of carbonyl (C=O) groups excluding carboxylic acids is 2. The number of benzene rings is 1. The van der Waals surface area contributed by atoms with Crippen LogP contribution < -0.4 is 10.6 Å². The molecule has 3 rings (SSSR count). The van der Waals surface area contributed by atoms with Gasteiger partial charge in [0.05, 0.1) is 6.04 Å². The first kappa shape index (κ1) is 20.5. The lowest BCUT2D eigenvalue weighted by molar-refractivity contribution is 0.0741. The van der Waals surface area contributed by atoms with Crippen molar-refractivity contribution in [2.45, 2.75) is 39.2 Å². The van der Waals surface area contributed by atoms with E-state index in [1.54, 1.807) is 6.92 Å². The predicted octanol–water partition coefficient (Wildman–Crippen LogP) is 3.50. The number of hydrogen-bond acceptors (Lipinski definition) is 6. The minimum atomic E-state index is -0.0821. The summed E-state index contributed by atoms with van der Waals surface area (Å²) in [5, 5.41) is 2.68. The number of nitrogens with zero attached hydrogens (tertiary/aromatic N) is 3. The van der Waals surface area contributed by atoms with Gasteiger partial charge < -0.3 is 15.5 Å². The fourth-order valence-corrected chi connectivity index (χ4v) is 4.17. The smallest absolute Gasteiger partial charge is 0.273 e. The van der Waals surface area contributed by atoms with Crippen LogP contribution in [0.3, 0.4) is 0 Å². The molecule has 1 aromatic heterocycles. The van der Waals surface area contributed by atoms with Gasteiger partial charge in [-0.05, 0) is 37.6 Å². The number of piperazine rings is 1. The van der Waals surface area contributed by atoms with Crippen LogP contribution in [-0.2, 0) is 0 Å². The molecule has 0 radical (unpaired) electrons. The van der Waals surface area contributed by atoms with Gasteiger partial charge in [0.2, 0.25) is 0 Å². The predicted molar refractivity (Wildman–Crippen MR) is 113 cm³/mol. The van der Waals surface area contributed by atoms with Crippen molar-refractivity contribution in [2.75, 3.05) is 31.1 Å². The Morgan fingerprint density at radius 1 is 1.18 bits per heavy atom. The van der Waals surface area contributed by atoms with Crippen LogP contribution in [0.1, 0.15) is 65.0 Å². The highest BCUT2D eigenvalue weighted by atomic mass is 32.1. The molecule has 1 saturated heterocycles. The van der Waals surface area contributed by atoms with E-state index < -0.39 is 0 Å². The highest BCUT2D eigenvalue weighted by Crippen LogP contribution is 2.23. The molecule has 2 N–H and O–H groups in total. The van der Waals surface area contributed by atoms with E-state index in [0.29, 0.717) is 24.3 Å². The maximum absolute atomic E-state index is 12.8. The number of nitrogens with two attached hydrogens (primary N) is 1. The molecule has 2 heterocycles. The van der Waals surface area contributed by atoms with Crippen molar-refractivity contribution in [3.05, 3.63) is 45.9 Å². The number of carbonyl (C=O) groups is 2. The third-order valence-corrected chi connectivity index (χ3v) is 6.11. The van der Waals surface area contributed by atoms with Gasteiger partial charge in [-0.3, -0.25) is 9.59 Å². The quantitative estimate of drug-likeness (QED) is 0.720. The maximum Gasteiger partial charge on any atom is 0.273 e. The molecular formula is C21H28N4O2S. The molecule has 1 amide bonds. The van der Waals surface area contributed by atoms with Gasteiger partial charge in [-0.2, -0.15) is 0 Å². The first-order valence-corrected chi connectivity index (χ1v) is 10.7. The zero-order valence-corrected chi connectivity index (χ0v) is 17.4. The second-order valence-electron chi connectivity index (χ2n) is 7.20. The van der Waals surface area contributed by atoms with E-state index in [2.05, 4.69) is 16.8 Å². The molecule has 150 valence electrons. The number of amides is 1. The summed E-state index contributed by atoms with van der Waals surface area (Å²) >= 11 is 1.48. The summed E-state index contributed by atoms with van der Waals surface area (Å²) in [5.74, 6) is 0.0516. The lowest BCUT2D eigenvalue weighted by Crippen LogP contribution is -2.48. The molecule has 1 aromatic carbocycles. The van der Waals surface area contributed by atoms with Crippen LogP contribution in [0, 0.1) is 0 Å². The molecule has 6 nitrogen and oxygen atoms in total. The van der Waals surface area contributed by atoms with Crippen LogP contribution in [-0.4, -0.2) is 47.8 Å². The number of unbranched alkanes of at least 4 members (excludes halogenated alkanes) is 1. The Morgan fingerprint density at radius 2 is 1.86 bits per heavy atom. The van der Waals surface area contributed by atoms with Crippen LogP contribution in [0.5, 0.6) is 0 Å². The lowest BCUT2D eigenvalue weighted by atomic mass is 10.1. The van der Waals surface area contributed by atoms with Gasteiger partial charge in [0.1, 0.15) is 10.7 Å². The number of thiazole rings is 1. The van der Waals surface area contributed by atoms with Gasteiger partial charge in [-0.15, -0.1) is 11.3 Å². The summed E-state index contributed by atoms with van der Waals surface area (Å²) in [5.41, 5.74) is 8.48. The topological polar surface area (TPSA) is 79.5 Å². The fraction of sp³-hybridized carbons (Fsp3) is 0.476. The van der Waals surface area contributed by atoms with E-state index in [4.69, 9.17) is 5.73 Å². The molecule has 0 saturated carbocycles. The second kappa shape index (κ2) is 9.30. The standard InChI is InChI=1S/C21H28N4O2S/c1-3-4-5-18(22)20-23-19(14-28-20)21(27)25-12-10-24(11-13-25)17-8-6-16(7-9-17)15(2)26/h6-9,14,18H,3-5,10-13,22H2,1-2H3. The molecule has 1 unspecified atom stereocenters. The molecule has 0 aliphatic carbocycles. The summed E-state index contributed by atoms with van der Waals surface area (Å²) in [6.07, 6.45) is 3.07. The highest BCUT2D eigenvalue weighted by molar-refractivity contribution is 7.09. The molecule has 0 bridgehead atoms. The monoisotopic (exact) mass is 400 g/mol. The van der Waals surface area contributed by atoms with Crippen molar-refractivity contribution in [2.24, 2.45) is 5.73 Å². The molecular weight excluding hydrogens is 372 g/mol. The zero-order valence-electron chi connectivity index (χ0n) is 16.6. The van der Waals surface area contributed by atoms with Crippen molar-refractivity contribution in [1.82, 2.24) is 9.88 Å². The molecule has 1 fully saturated rings. The van der Waals surface area contributed by atoms with Gasteiger partial charge >= 0.3 is 0 Å². The summed E-state index contributed by atoms with van der Waals surface area (Å²) < 4.78 is 0. The van der Waals surface area contributed by atoms with Gasteiger partial charge in [0.15, 0.2) is 5.78 Å². The molecule has 0 spiro atoms. The molecule has 2 aromatic rings. The number of aromatic nitrogens is 1. The van der Waals surface area contributed by atoms with Gasteiger partial charge in [0, 0.05) is 42.8 Å². The van der Waals surface area contributed by atoms with Crippen molar-refractivity contribution in [3.63, 3.8) is 0 Å². The Morgan fingerprint density at radius 3 is 2.46 bits per heavy atom. The van der Waals surface area contributed by atoms with E-state index in [1.807, 2.05) is 34.5 Å². The first-order valence-electron chi connectivity index (χ1n) is 9.85. The largest absolute Gasteiger partial charge is 0.368 e. The molecule has 7 heteroatoms. The number of hydrogen-bond donors (Lipinski definition) is 1. The van der Waals surface area contributed by atoms with Crippen LogP contribution >= 0.6 is 11.3 Å².